The molecule has 4 aromatic rings. The van der Waals surface area contributed by atoms with Gasteiger partial charge in [0.1, 0.15) is 0 Å². The van der Waals surface area contributed by atoms with Gasteiger partial charge in [-0.3, -0.25) is 0 Å². The number of nitrogens with zero attached hydrogens (tertiary/aromatic N) is 3. The van der Waals surface area contributed by atoms with Gasteiger partial charge >= 0.3 is 0 Å². The molecule has 0 unspecified atom stereocenters. The second kappa shape index (κ2) is 7.76. The lowest BCUT2D eigenvalue weighted by Gasteiger charge is -2.02. The predicted molar refractivity (Wildman–Crippen MR) is 105 cm³/mol. The van der Waals surface area contributed by atoms with Crippen molar-refractivity contribution in [3.05, 3.63) is 66.2 Å². The van der Waals surface area contributed by atoms with Crippen LogP contribution in [0.15, 0.2) is 65.8 Å². The molecule has 0 spiro atoms. The maximum atomic E-state index is 9.19. The number of aryl methyl sites for hydroxylation is 1. The van der Waals surface area contributed by atoms with Crippen LogP contribution in [0.2, 0.25) is 0 Å². The van der Waals surface area contributed by atoms with Gasteiger partial charge < -0.3 is 10.1 Å². The lowest BCUT2D eigenvalue weighted by atomic mass is 10.2. The molecule has 0 saturated carbocycles. The molecule has 0 bridgehead atoms. The largest absolute Gasteiger partial charge is 0.396 e. The minimum atomic E-state index is 0.137. The number of para-hydroxylation sites is 1. The van der Waals surface area contributed by atoms with Crippen molar-refractivity contribution in [1.29, 1.82) is 0 Å². The summed E-state index contributed by atoms with van der Waals surface area (Å²) < 4.78 is 1.88. The normalized spacial score (nSPS) is 11.3. The van der Waals surface area contributed by atoms with E-state index >= 15 is 0 Å². The molecular formula is C20H20N4OS. The van der Waals surface area contributed by atoms with Crippen molar-refractivity contribution >= 4 is 22.7 Å². The van der Waals surface area contributed by atoms with Crippen LogP contribution in [0.25, 0.3) is 22.4 Å². The summed E-state index contributed by atoms with van der Waals surface area (Å²) in [5, 5.41) is 15.7. The van der Waals surface area contributed by atoms with Crippen LogP contribution in [0.5, 0.6) is 0 Å². The van der Waals surface area contributed by atoms with E-state index in [-0.39, 0.29) is 6.61 Å². The Kier molecular flexibility index (Phi) is 5.04. The number of thioether (sulfide) groups is 1. The first-order valence-electron chi connectivity index (χ1n) is 8.64. The molecule has 0 atom stereocenters. The van der Waals surface area contributed by atoms with Crippen molar-refractivity contribution in [2.24, 2.45) is 0 Å². The second-order valence-corrected chi connectivity index (χ2v) is 7.01. The molecule has 0 aliphatic heterocycles. The highest BCUT2D eigenvalue weighted by Crippen LogP contribution is 2.26. The van der Waals surface area contributed by atoms with Crippen LogP contribution in [0.3, 0.4) is 0 Å². The van der Waals surface area contributed by atoms with E-state index in [1.165, 1.54) is 5.56 Å². The molecule has 0 saturated heterocycles. The fourth-order valence-corrected chi connectivity index (χ4v) is 3.67. The summed E-state index contributed by atoms with van der Waals surface area (Å²) in [5.74, 6) is 1.64. The third-order valence-corrected chi connectivity index (χ3v) is 5.07. The summed E-state index contributed by atoms with van der Waals surface area (Å²) in [4.78, 5) is 8.17. The van der Waals surface area contributed by atoms with E-state index in [1.807, 2.05) is 35.0 Å². The average molecular weight is 364 g/mol. The van der Waals surface area contributed by atoms with E-state index in [4.69, 9.17) is 4.98 Å². The predicted octanol–water partition coefficient (Wildman–Crippen LogP) is 4.10. The Labute approximate surface area is 156 Å². The molecule has 5 nitrogen and oxygen atoms in total. The Morgan fingerprint density at radius 2 is 1.85 bits per heavy atom. The molecule has 2 aromatic heterocycles. The maximum Gasteiger partial charge on any atom is 0.209 e. The SMILES string of the molecule is OCCCn1nc(SCc2ccccc2)nc1-c1cc2ccccc2[nH]1. The van der Waals surface area contributed by atoms with E-state index in [1.54, 1.807) is 11.8 Å². The maximum absolute atomic E-state index is 9.19. The molecule has 4 rings (SSSR count). The fourth-order valence-electron chi connectivity index (χ4n) is 2.87. The molecule has 132 valence electrons. The Hall–Kier alpha value is -2.57. The molecule has 2 heterocycles. The number of rotatable bonds is 7. The molecule has 26 heavy (non-hydrogen) atoms. The molecule has 2 aromatic carbocycles. The van der Waals surface area contributed by atoms with Gasteiger partial charge in [-0.25, -0.2) is 4.68 Å². The van der Waals surface area contributed by atoms with Gasteiger partial charge in [-0.15, -0.1) is 5.10 Å². The first kappa shape index (κ1) is 16.9. The van der Waals surface area contributed by atoms with Crippen molar-refractivity contribution in [3.8, 4) is 11.5 Å². The number of aromatic nitrogens is 4. The number of hydrogen-bond acceptors (Lipinski definition) is 4. The van der Waals surface area contributed by atoms with Crippen molar-refractivity contribution in [1.82, 2.24) is 19.7 Å². The zero-order valence-corrected chi connectivity index (χ0v) is 15.1. The zero-order valence-electron chi connectivity index (χ0n) is 14.3. The van der Waals surface area contributed by atoms with Crippen LogP contribution < -0.4 is 0 Å². The monoisotopic (exact) mass is 364 g/mol. The molecule has 0 amide bonds. The van der Waals surface area contributed by atoms with Gasteiger partial charge in [0.2, 0.25) is 5.16 Å². The Morgan fingerprint density at radius 1 is 1.04 bits per heavy atom. The van der Waals surface area contributed by atoms with E-state index in [0.29, 0.717) is 13.0 Å². The first-order chi connectivity index (χ1) is 12.8. The fraction of sp³-hybridized carbons (Fsp3) is 0.200. The zero-order chi connectivity index (χ0) is 17.8. The van der Waals surface area contributed by atoms with E-state index in [0.717, 1.165) is 33.3 Å². The number of aliphatic hydroxyl groups excluding tert-OH is 1. The first-order valence-corrected chi connectivity index (χ1v) is 9.62. The third-order valence-electron chi connectivity index (χ3n) is 4.16. The molecule has 2 N–H and O–H groups in total. The number of hydrogen-bond donors (Lipinski definition) is 2. The topological polar surface area (TPSA) is 66.7 Å². The average Bonchev–Trinajstić information content (AvgIpc) is 3.29. The number of fused-ring (bicyclic) bond motifs is 1. The van der Waals surface area contributed by atoms with Gasteiger partial charge in [0.15, 0.2) is 5.82 Å². The van der Waals surface area contributed by atoms with Gasteiger partial charge in [0.05, 0.1) is 5.69 Å². The van der Waals surface area contributed by atoms with Crippen LogP contribution in [0, 0.1) is 0 Å². The van der Waals surface area contributed by atoms with Crippen LogP contribution in [0.1, 0.15) is 12.0 Å². The van der Waals surface area contributed by atoms with Crippen LogP contribution in [-0.2, 0) is 12.3 Å². The Balaban J connectivity index is 1.62. The van der Waals surface area contributed by atoms with E-state index < -0.39 is 0 Å². The number of nitrogens with one attached hydrogen (secondary N) is 1. The van der Waals surface area contributed by atoms with Crippen molar-refractivity contribution in [2.45, 2.75) is 23.9 Å². The molecule has 0 fully saturated rings. The molecular weight excluding hydrogens is 344 g/mol. The minimum absolute atomic E-state index is 0.137. The highest BCUT2D eigenvalue weighted by molar-refractivity contribution is 7.98. The highest BCUT2D eigenvalue weighted by atomic mass is 32.2. The summed E-state index contributed by atoms with van der Waals surface area (Å²) in [6.45, 7) is 0.776. The number of H-pyrrole nitrogens is 1. The van der Waals surface area contributed by atoms with Crippen LogP contribution in [-0.4, -0.2) is 31.5 Å². The number of aliphatic hydroxyl groups is 1. The summed E-state index contributed by atoms with van der Waals surface area (Å²) in [7, 11) is 0. The minimum Gasteiger partial charge on any atom is -0.396 e. The van der Waals surface area contributed by atoms with Crippen LogP contribution in [0.4, 0.5) is 0 Å². The van der Waals surface area contributed by atoms with E-state index in [2.05, 4.69) is 40.4 Å². The van der Waals surface area contributed by atoms with Crippen molar-refractivity contribution in [3.63, 3.8) is 0 Å². The highest BCUT2D eigenvalue weighted by Gasteiger charge is 2.14. The van der Waals surface area contributed by atoms with E-state index in [9.17, 15) is 5.11 Å². The summed E-state index contributed by atoms with van der Waals surface area (Å²) in [6, 6.07) is 20.6. The second-order valence-electron chi connectivity index (χ2n) is 6.06. The molecule has 0 aliphatic rings. The molecule has 0 radical (unpaired) electrons. The van der Waals surface area contributed by atoms with Gasteiger partial charge in [0.25, 0.3) is 0 Å². The lowest BCUT2D eigenvalue weighted by Crippen LogP contribution is -2.04. The summed E-state index contributed by atoms with van der Waals surface area (Å²) >= 11 is 1.62. The quantitative estimate of drug-likeness (QED) is 0.485. The Morgan fingerprint density at radius 3 is 2.65 bits per heavy atom. The van der Waals surface area contributed by atoms with Crippen molar-refractivity contribution < 1.29 is 5.11 Å². The summed E-state index contributed by atoms with van der Waals surface area (Å²) in [6.07, 6.45) is 0.652. The third kappa shape index (κ3) is 3.66. The van der Waals surface area contributed by atoms with Gasteiger partial charge in [-0.05, 0) is 24.1 Å². The summed E-state index contributed by atoms with van der Waals surface area (Å²) in [5.41, 5.74) is 3.28. The molecule has 6 heteroatoms. The van der Waals surface area contributed by atoms with Crippen molar-refractivity contribution in [2.75, 3.05) is 6.61 Å². The lowest BCUT2D eigenvalue weighted by molar-refractivity contribution is 0.277. The van der Waals surface area contributed by atoms with Gasteiger partial charge in [0, 0.05) is 29.8 Å². The smallest absolute Gasteiger partial charge is 0.209 e. The number of benzene rings is 2. The van der Waals surface area contributed by atoms with Crippen LogP contribution >= 0.6 is 11.8 Å². The van der Waals surface area contributed by atoms with Gasteiger partial charge in [-0.1, -0.05) is 60.3 Å². The molecule has 0 aliphatic carbocycles. The van der Waals surface area contributed by atoms with Gasteiger partial charge in [-0.2, -0.15) is 4.98 Å². The number of aromatic amines is 1. The Bertz CT molecular complexity index is 960. The standard InChI is InChI=1S/C20H20N4OS/c25-12-6-11-24-19(18-13-16-9-4-5-10-17(16)21-18)22-20(23-24)26-14-15-7-2-1-3-8-15/h1-5,7-10,13,21,25H,6,11-12,14H2.